The van der Waals surface area contributed by atoms with E-state index in [9.17, 15) is 0 Å². The van der Waals surface area contributed by atoms with Crippen molar-refractivity contribution in [2.75, 3.05) is 6.61 Å². The van der Waals surface area contributed by atoms with Gasteiger partial charge in [-0.3, -0.25) is 0 Å². The van der Waals surface area contributed by atoms with E-state index in [1.165, 1.54) is 11.3 Å². The SMILES string of the molecule is CCC(N)(CC)COc1nc(Br)cs1. The molecule has 0 saturated carbocycles. The predicted octanol–water partition coefficient (Wildman–Crippen LogP) is 2.80. The maximum Gasteiger partial charge on any atom is 0.274 e. The molecule has 3 nitrogen and oxygen atoms in total. The molecule has 0 aliphatic rings. The summed E-state index contributed by atoms with van der Waals surface area (Å²) >= 11 is 4.75. The van der Waals surface area contributed by atoms with Crippen LogP contribution in [0.2, 0.25) is 0 Å². The highest BCUT2D eigenvalue weighted by Crippen LogP contribution is 2.23. The number of hydrogen-bond donors (Lipinski definition) is 1. The predicted molar refractivity (Wildman–Crippen MR) is 62.8 cm³/mol. The van der Waals surface area contributed by atoms with Gasteiger partial charge in [0.15, 0.2) is 0 Å². The third kappa shape index (κ3) is 3.22. The number of halogens is 1. The summed E-state index contributed by atoms with van der Waals surface area (Å²) in [4.78, 5) is 4.14. The van der Waals surface area contributed by atoms with Gasteiger partial charge in [-0.2, -0.15) is 4.98 Å². The maximum atomic E-state index is 6.09. The topological polar surface area (TPSA) is 48.1 Å². The van der Waals surface area contributed by atoms with Crippen LogP contribution in [-0.2, 0) is 0 Å². The molecular weight excluding hydrogens is 264 g/mol. The maximum absolute atomic E-state index is 6.09. The molecule has 1 heterocycles. The van der Waals surface area contributed by atoms with Crippen LogP contribution >= 0.6 is 27.3 Å². The second-order valence-electron chi connectivity index (χ2n) is 3.29. The molecule has 5 heteroatoms. The Kier molecular flexibility index (Phi) is 4.34. The van der Waals surface area contributed by atoms with E-state index in [1.54, 1.807) is 0 Å². The quantitative estimate of drug-likeness (QED) is 0.901. The van der Waals surface area contributed by atoms with Crippen LogP contribution in [0, 0.1) is 0 Å². The van der Waals surface area contributed by atoms with Crippen LogP contribution in [0.5, 0.6) is 5.19 Å². The molecule has 0 atom stereocenters. The molecule has 80 valence electrons. The molecule has 0 unspecified atom stereocenters. The summed E-state index contributed by atoms with van der Waals surface area (Å²) in [7, 11) is 0. The third-order valence-electron chi connectivity index (χ3n) is 2.35. The summed E-state index contributed by atoms with van der Waals surface area (Å²) in [5.41, 5.74) is 5.87. The van der Waals surface area contributed by atoms with E-state index in [1.807, 2.05) is 5.38 Å². The lowest BCUT2D eigenvalue weighted by Crippen LogP contribution is -2.44. The van der Waals surface area contributed by atoms with Crippen LogP contribution < -0.4 is 10.5 Å². The highest BCUT2D eigenvalue weighted by molar-refractivity contribution is 9.10. The molecule has 0 bridgehead atoms. The molecule has 0 aliphatic heterocycles. The van der Waals surface area contributed by atoms with E-state index in [-0.39, 0.29) is 5.54 Å². The molecule has 0 saturated heterocycles. The molecule has 1 rings (SSSR count). The molecule has 0 spiro atoms. The second kappa shape index (κ2) is 5.09. The van der Waals surface area contributed by atoms with Crippen LogP contribution in [0.1, 0.15) is 26.7 Å². The molecular formula is C9H15BrN2OS. The monoisotopic (exact) mass is 278 g/mol. The average molecular weight is 279 g/mol. The Morgan fingerprint density at radius 1 is 1.57 bits per heavy atom. The van der Waals surface area contributed by atoms with Crippen LogP contribution in [0.4, 0.5) is 0 Å². The van der Waals surface area contributed by atoms with Gasteiger partial charge < -0.3 is 10.5 Å². The summed E-state index contributed by atoms with van der Waals surface area (Å²) in [6, 6.07) is 0. The molecule has 0 radical (unpaired) electrons. The number of nitrogens with two attached hydrogens (primary N) is 1. The van der Waals surface area contributed by atoms with Crippen molar-refractivity contribution in [2.24, 2.45) is 5.73 Å². The van der Waals surface area contributed by atoms with Gasteiger partial charge in [0, 0.05) is 10.9 Å². The van der Waals surface area contributed by atoms with E-state index in [0.717, 1.165) is 17.4 Å². The number of thiazole rings is 1. The summed E-state index contributed by atoms with van der Waals surface area (Å²) < 4.78 is 6.34. The molecule has 14 heavy (non-hydrogen) atoms. The lowest BCUT2D eigenvalue weighted by atomic mass is 9.96. The Hall–Kier alpha value is -0.130. The fourth-order valence-electron chi connectivity index (χ4n) is 0.965. The first kappa shape index (κ1) is 11.9. The van der Waals surface area contributed by atoms with Crippen LogP contribution in [0.3, 0.4) is 0 Å². The molecule has 0 aliphatic carbocycles. The first-order valence-electron chi connectivity index (χ1n) is 4.62. The van der Waals surface area contributed by atoms with Crippen LogP contribution in [0.25, 0.3) is 0 Å². The first-order valence-corrected chi connectivity index (χ1v) is 6.29. The van der Waals surface area contributed by atoms with E-state index in [4.69, 9.17) is 10.5 Å². The zero-order chi connectivity index (χ0) is 10.6. The molecule has 2 N–H and O–H groups in total. The number of ether oxygens (including phenoxy) is 1. The summed E-state index contributed by atoms with van der Waals surface area (Å²) in [6.07, 6.45) is 1.83. The zero-order valence-corrected chi connectivity index (χ0v) is 10.8. The van der Waals surface area contributed by atoms with Gasteiger partial charge in [-0.15, -0.1) is 0 Å². The van der Waals surface area contributed by atoms with Gasteiger partial charge in [-0.1, -0.05) is 25.2 Å². The van der Waals surface area contributed by atoms with Crippen molar-refractivity contribution >= 4 is 27.3 Å². The lowest BCUT2D eigenvalue weighted by molar-refractivity contribution is 0.206. The highest BCUT2D eigenvalue weighted by Gasteiger charge is 2.21. The zero-order valence-electron chi connectivity index (χ0n) is 8.42. The van der Waals surface area contributed by atoms with E-state index >= 15 is 0 Å². The molecule has 0 aromatic carbocycles. The van der Waals surface area contributed by atoms with Crippen molar-refractivity contribution in [2.45, 2.75) is 32.2 Å². The summed E-state index contributed by atoms with van der Waals surface area (Å²) in [6.45, 7) is 4.68. The minimum absolute atomic E-state index is 0.224. The first-order chi connectivity index (χ1) is 6.59. The van der Waals surface area contributed by atoms with Gasteiger partial charge in [0.05, 0.1) is 0 Å². The Labute approximate surface area is 96.8 Å². The Morgan fingerprint density at radius 2 is 2.21 bits per heavy atom. The van der Waals surface area contributed by atoms with Crippen molar-refractivity contribution in [1.29, 1.82) is 0 Å². The van der Waals surface area contributed by atoms with Gasteiger partial charge in [0.1, 0.15) is 11.2 Å². The van der Waals surface area contributed by atoms with E-state index in [2.05, 4.69) is 34.8 Å². The third-order valence-corrected chi connectivity index (χ3v) is 3.81. The fourth-order valence-corrected chi connectivity index (χ4v) is 2.05. The van der Waals surface area contributed by atoms with Gasteiger partial charge in [0.25, 0.3) is 5.19 Å². The van der Waals surface area contributed by atoms with Crippen molar-refractivity contribution in [3.05, 3.63) is 9.98 Å². The molecule has 1 aromatic rings. The lowest BCUT2D eigenvalue weighted by Gasteiger charge is -2.25. The molecule has 0 amide bonds. The minimum atomic E-state index is -0.224. The fraction of sp³-hybridized carbons (Fsp3) is 0.667. The van der Waals surface area contributed by atoms with E-state index in [0.29, 0.717) is 11.8 Å². The van der Waals surface area contributed by atoms with E-state index < -0.39 is 0 Å². The smallest absolute Gasteiger partial charge is 0.274 e. The average Bonchev–Trinajstić information content (AvgIpc) is 2.61. The minimum Gasteiger partial charge on any atom is -0.468 e. The number of rotatable bonds is 5. The van der Waals surface area contributed by atoms with Crippen LogP contribution in [0.15, 0.2) is 9.98 Å². The Morgan fingerprint density at radius 3 is 2.64 bits per heavy atom. The second-order valence-corrected chi connectivity index (χ2v) is 4.93. The van der Waals surface area contributed by atoms with Gasteiger partial charge in [-0.25, -0.2) is 0 Å². The largest absolute Gasteiger partial charge is 0.468 e. The Balaban J connectivity index is 2.47. The number of nitrogens with zero attached hydrogens (tertiary/aromatic N) is 1. The highest BCUT2D eigenvalue weighted by atomic mass is 79.9. The normalized spacial score (nSPS) is 11.7. The van der Waals surface area contributed by atoms with Gasteiger partial charge >= 0.3 is 0 Å². The Bertz CT molecular complexity index is 286. The summed E-state index contributed by atoms with van der Waals surface area (Å²) in [5, 5.41) is 2.57. The van der Waals surface area contributed by atoms with Crippen molar-refractivity contribution in [3.8, 4) is 5.19 Å². The number of aromatic nitrogens is 1. The van der Waals surface area contributed by atoms with Crippen molar-refractivity contribution in [3.63, 3.8) is 0 Å². The number of hydrogen-bond acceptors (Lipinski definition) is 4. The molecule has 1 aromatic heterocycles. The van der Waals surface area contributed by atoms with Gasteiger partial charge in [0.2, 0.25) is 0 Å². The van der Waals surface area contributed by atoms with Crippen LogP contribution in [-0.4, -0.2) is 17.1 Å². The molecule has 0 fully saturated rings. The standard InChI is InChI=1S/C9H15BrN2OS/c1-3-9(11,4-2)6-13-8-12-7(10)5-14-8/h5H,3-4,6,11H2,1-2H3. The summed E-state index contributed by atoms with van der Waals surface area (Å²) in [5.74, 6) is 0. The van der Waals surface area contributed by atoms with Crippen molar-refractivity contribution < 1.29 is 4.74 Å². The van der Waals surface area contributed by atoms with Crippen molar-refractivity contribution in [1.82, 2.24) is 4.98 Å². The van der Waals surface area contributed by atoms with Gasteiger partial charge in [-0.05, 0) is 28.8 Å².